The van der Waals surface area contributed by atoms with Gasteiger partial charge in [0, 0.05) is 6.07 Å². The number of aromatic hydroxyl groups is 1. The molecule has 2 rings (SSSR count). The number of hydrogen-bond acceptors (Lipinski definition) is 4. The first kappa shape index (κ1) is 14.5. The molecule has 1 aromatic carbocycles. The zero-order valence-corrected chi connectivity index (χ0v) is 10.8. The average molecular weight is 286 g/mol. The summed E-state index contributed by atoms with van der Waals surface area (Å²) in [5.74, 6) is 3.57. The smallest absolute Gasteiger partial charge is 0.260 e. The number of pyridine rings is 1. The first-order valence-corrected chi connectivity index (χ1v) is 5.97. The van der Waals surface area contributed by atoms with Gasteiger partial charge in [0.25, 0.3) is 5.91 Å². The summed E-state index contributed by atoms with van der Waals surface area (Å²) in [5.41, 5.74) is 0.315. The summed E-state index contributed by atoms with van der Waals surface area (Å²) in [6, 6.07) is 7.90. The van der Waals surface area contributed by atoms with Crippen LogP contribution in [0.5, 0.6) is 5.75 Å². The van der Waals surface area contributed by atoms with E-state index in [9.17, 15) is 14.3 Å². The Bertz CT molecular complexity index is 735. The number of aromatic nitrogens is 1. The number of aliphatic hydroxyl groups is 1. The highest BCUT2D eigenvalue weighted by Crippen LogP contribution is 2.19. The summed E-state index contributed by atoms with van der Waals surface area (Å²) in [5, 5.41) is 20.6. The minimum atomic E-state index is -0.636. The van der Waals surface area contributed by atoms with Gasteiger partial charge in [-0.2, -0.15) is 0 Å². The molecule has 2 aromatic rings. The normalized spacial score (nSPS) is 9.62. The van der Waals surface area contributed by atoms with Gasteiger partial charge in [-0.05, 0) is 30.2 Å². The van der Waals surface area contributed by atoms with Crippen LogP contribution in [0, 0.1) is 17.7 Å². The Kier molecular flexibility index (Phi) is 4.49. The Morgan fingerprint density at radius 2 is 2.14 bits per heavy atom. The molecule has 0 aliphatic rings. The maximum absolute atomic E-state index is 12.9. The molecule has 1 aromatic heterocycles. The van der Waals surface area contributed by atoms with Gasteiger partial charge in [-0.1, -0.05) is 12.0 Å². The summed E-state index contributed by atoms with van der Waals surface area (Å²) < 4.78 is 12.9. The SMILES string of the molecule is O=C(Nc1cccc(C#CCO)n1)c1ccc(F)cc1O. The molecule has 0 aliphatic carbocycles. The molecule has 0 fully saturated rings. The predicted octanol–water partition coefficient (Wildman–Crippen LogP) is 1.52. The minimum absolute atomic E-state index is 0.0648. The Morgan fingerprint density at radius 1 is 1.33 bits per heavy atom. The molecule has 21 heavy (non-hydrogen) atoms. The Labute approximate surface area is 120 Å². The van der Waals surface area contributed by atoms with Gasteiger partial charge in [-0.15, -0.1) is 0 Å². The van der Waals surface area contributed by atoms with E-state index in [0.29, 0.717) is 5.69 Å². The minimum Gasteiger partial charge on any atom is -0.507 e. The summed E-state index contributed by atoms with van der Waals surface area (Å²) >= 11 is 0. The van der Waals surface area contributed by atoms with Crippen LogP contribution in [-0.4, -0.2) is 27.7 Å². The van der Waals surface area contributed by atoms with Crippen molar-refractivity contribution in [2.45, 2.75) is 0 Å². The Balaban J connectivity index is 2.19. The van der Waals surface area contributed by atoms with Crippen LogP contribution < -0.4 is 5.32 Å². The zero-order chi connectivity index (χ0) is 15.2. The van der Waals surface area contributed by atoms with Crippen molar-refractivity contribution < 1.29 is 19.4 Å². The number of nitrogens with one attached hydrogen (secondary N) is 1. The molecule has 0 saturated heterocycles. The van der Waals surface area contributed by atoms with E-state index in [4.69, 9.17) is 5.11 Å². The van der Waals surface area contributed by atoms with E-state index in [1.807, 2.05) is 0 Å². The van der Waals surface area contributed by atoms with Crippen LogP contribution in [0.1, 0.15) is 16.1 Å². The lowest BCUT2D eigenvalue weighted by Crippen LogP contribution is -2.13. The van der Waals surface area contributed by atoms with Gasteiger partial charge in [0.05, 0.1) is 5.56 Å². The van der Waals surface area contributed by atoms with Crippen molar-refractivity contribution in [2.24, 2.45) is 0 Å². The predicted molar refractivity (Wildman–Crippen MR) is 74.2 cm³/mol. The molecule has 0 unspecified atom stereocenters. The van der Waals surface area contributed by atoms with Crippen molar-refractivity contribution in [3.8, 4) is 17.6 Å². The standard InChI is InChI=1S/C15H11FN2O3/c16-10-6-7-12(13(20)9-10)15(21)18-14-5-1-3-11(17-14)4-2-8-19/h1,3,5-7,9,19-20H,8H2,(H,17,18,21). The molecule has 1 amide bonds. The second-order valence-electron chi connectivity index (χ2n) is 3.98. The monoisotopic (exact) mass is 286 g/mol. The molecule has 0 saturated carbocycles. The number of phenolic OH excluding ortho intramolecular Hbond substituents is 1. The van der Waals surface area contributed by atoms with E-state index in [2.05, 4.69) is 22.1 Å². The molecule has 0 spiro atoms. The summed E-state index contributed by atoms with van der Waals surface area (Å²) in [6.07, 6.45) is 0. The van der Waals surface area contributed by atoms with Crippen LogP contribution in [0.2, 0.25) is 0 Å². The van der Waals surface area contributed by atoms with Gasteiger partial charge in [0.15, 0.2) is 0 Å². The number of amides is 1. The number of carbonyl (C=O) groups excluding carboxylic acids is 1. The molecule has 6 heteroatoms. The zero-order valence-electron chi connectivity index (χ0n) is 10.8. The maximum atomic E-state index is 12.9. The third-order valence-electron chi connectivity index (χ3n) is 2.49. The van der Waals surface area contributed by atoms with E-state index >= 15 is 0 Å². The number of halogens is 1. The van der Waals surface area contributed by atoms with E-state index in [1.165, 1.54) is 6.07 Å². The molecule has 1 heterocycles. The summed E-state index contributed by atoms with van der Waals surface area (Å²) in [6.45, 7) is -0.290. The van der Waals surface area contributed by atoms with Crippen LogP contribution in [0.3, 0.4) is 0 Å². The number of anilines is 1. The van der Waals surface area contributed by atoms with Crippen LogP contribution in [0.4, 0.5) is 10.2 Å². The topological polar surface area (TPSA) is 82.5 Å². The van der Waals surface area contributed by atoms with E-state index < -0.39 is 17.5 Å². The molecule has 0 aliphatic heterocycles. The van der Waals surface area contributed by atoms with Crippen LogP contribution in [-0.2, 0) is 0 Å². The van der Waals surface area contributed by atoms with Gasteiger partial charge in [-0.3, -0.25) is 4.79 Å². The fraction of sp³-hybridized carbons (Fsp3) is 0.0667. The molecule has 0 atom stereocenters. The van der Waals surface area contributed by atoms with Crippen LogP contribution in [0.15, 0.2) is 36.4 Å². The molecule has 0 bridgehead atoms. The summed E-state index contributed by atoms with van der Waals surface area (Å²) in [4.78, 5) is 16.0. The van der Waals surface area contributed by atoms with Gasteiger partial charge < -0.3 is 15.5 Å². The highest BCUT2D eigenvalue weighted by molar-refractivity contribution is 6.05. The number of aliphatic hydroxyl groups excluding tert-OH is 1. The lowest BCUT2D eigenvalue weighted by molar-refractivity contribution is 0.102. The maximum Gasteiger partial charge on any atom is 0.260 e. The molecular formula is C15H11FN2O3. The van der Waals surface area contributed by atoms with Crippen molar-refractivity contribution in [3.05, 3.63) is 53.5 Å². The number of hydrogen-bond donors (Lipinski definition) is 3. The molecule has 0 radical (unpaired) electrons. The Hall–Kier alpha value is -2.91. The van der Waals surface area contributed by atoms with Gasteiger partial charge in [0.1, 0.15) is 29.7 Å². The van der Waals surface area contributed by atoms with E-state index in [1.54, 1.807) is 18.2 Å². The number of benzene rings is 1. The Morgan fingerprint density at radius 3 is 2.86 bits per heavy atom. The first-order chi connectivity index (χ1) is 10.1. The third-order valence-corrected chi connectivity index (χ3v) is 2.49. The van der Waals surface area contributed by atoms with Crippen molar-refractivity contribution in [3.63, 3.8) is 0 Å². The highest BCUT2D eigenvalue weighted by Gasteiger charge is 2.12. The third kappa shape index (κ3) is 3.78. The van der Waals surface area contributed by atoms with E-state index in [-0.39, 0.29) is 18.0 Å². The largest absolute Gasteiger partial charge is 0.507 e. The average Bonchev–Trinajstić information content (AvgIpc) is 2.45. The number of phenols is 1. The van der Waals surface area contributed by atoms with Gasteiger partial charge in [-0.25, -0.2) is 9.37 Å². The van der Waals surface area contributed by atoms with Crippen LogP contribution in [0.25, 0.3) is 0 Å². The van der Waals surface area contributed by atoms with E-state index in [0.717, 1.165) is 12.1 Å². The second-order valence-corrected chi connectivity index (χ2v) is 3.98. The van der Waals surface area contributed by atoms with Crippen LogP contribution >= 0.6 is 0 Å². The quantitative estimate of drug-likeness (QED) is 0.731. The number of nitrogens with zero attached hydrogens (tertiary/aromatic N) is 1. The van der Waals surface area contributed by atoms with Crippen molar-refractivity contribution in [2.75, 3.05) is 11.9 Å². The lowest BCUT2D eigenvalue weighted by Gasteiger charge is -2.06. The number of rotatable bonds is 2. The van der Waals surface area contributed by atoms with Gasteiger partial charge in [0.2, 0.25) is 0 Å². The fourth-order valence-corrected chi connectivity index (χ4v) is 1.58. The first-order valence-electron chi connectivity index (χ1n) is 5.97. The van der Waals surface area contributed by atoms with Crippen molar-refractivity contribution in [1.82, 2.24) is 4.98 Å². The van der Waals surface area contributed by atoms with Crippen molar-refractivity contribution in [1.29, 1.82) is 0 Å². The highest BCUT2D eigenvalue weighted by atomic mass is 19.1. The molecule has 106 valence electrons. The number of carbonyl (C=O) groups is 1. The molecular weight excluding hydrogens is 275 g/mol. The lowest BCUT2D eigenvalue weighted by atomic mass is 10.2. The summed E-state index contributed by atoms with van der Waals surface area (Å²) in [7, 11) is 0. The fourth-order valence-electron chi connectivity index (χ4n) is 1.58. The second kappa shape index (κ2) is 6.50. The molecule has 3 N–H and O–H groups in total. The van der Waals surface area contributed by atoms with Gasteiger partial charge >= 0.3 is 0 Å². The molecule has 5 nitrogen and oxygen atoms in total. The van der Waals surface area contributed by atoms with Crippen molar-refractivity contribution >= 4 is 11.7 Å².